The molecule has 3 aromatic rings. The lowest BCUT2D eigenvalue weighted by molar-refractivity contribution is 1.59. The number of thiocarbonyl (C=S) groups is 1. The highest BCUT2D eigenvalue weighted by molar-refractivity contribution is 8.01. The minimum Gasteiger partial charge on any atom is -0.255 e. The summed E-state index contributed by atoms with van der Waals surface area (Å²) in [4.78, 5) is 0. The summed E-state index contributed by atoms with van der Waals surface area (Å²) in [6, 6.07) is 31.1. The van der Waals surface area contributed by atoms with Crippen LogP contribution in [0, 0.1) is 5.41 Å². The Kier molecular flexibility index (Phi) is 5.13. The van der Waals surface area contributed by atoms with E-state index in [9.17, 15) is 0 Å². The second kappa shape index (κ2) is 7.47. The van der Waals surface area contributed by atoms with Crippen LogP contribution in [0.5, 0.6) is 0 Å². The molecule has 0 unspecified atom stereocenters. The zero-order valence-electron chi connectivity index (χ0n) is 13.1. The summed E-state index contributed by atoms with van der Waals surface area (Å²) in [5.74, 6) is 2.64. The van der Waals surface area contributed by atoms with Crippen molar-refractivity contribution >= 4 is 46.6 Å². The summed E-state index contributed by atoms with van der Waals surface area (Å²) in [5.41, 5.74) is 0. The smallest absolute Gasteiger partial charge is 0.180 e. The lowest BCUT2D eigenvalue weighted by Gasteiger charge is -2.26. The Balaban J connectivity index is 2.47. The Morgan fingerprint density at radius 1 is 0.708 bits per heavy atom. The molecule has 0 aliphatic heterocycles. The normalized spacial score (nSPS) is 10.7. The van der Waals surface area contributed by atoms with Crippen molar-refractivity contribution in [1.82, 2.24) is 0 Å². The van der Waals surface area contributed by atoms with E-state index in [0.717, 1.165) is 5.31 Å². The van der Waals surface area contributed by atoms with Crippen LogP contribution in [-0.2, 0) is 0 Å². The van der Waals surface area contributed by atoms with Crippen molar-refractivity contribution < 1.29 is 0 Å². The molecule has 0 saturated heterocycles. The van der Waals surface area contributed by atoms with Gasteiger partial charge in [-0.3, -0.25) is 5.41 Å². The summed E-state index contributed by atoms with van der Waals surface area (Å²) in [7, 11) is -2.21. The van der Waals surface area contributed by atoms with E-state index in [0.29, 0.717) is 0 Å². The molecule has 0 heterocycles. The van der Waals surface area contributed by atoms with Crippen LogP contribution in [0.25, 0.3) is 0 Å². The molecule has 1 N–H and O–H groups in total. The van der Waals surface area contributed by atoms with Gasteiger partial charge in [0.2, 0.25) is 0 Å². The molecule has 116 valence electrons. The molecule has 0 atom stereocenters. The molecular formula is C21H17NPS+. The minimum absolute atomic E-state index is 0.765. The molecule has 0 saturated carbocycles. The van der Waals surface area contributed by atoms with E-state index in [1.807, 2.05) is 54.6 Å². The van der Waals surface area contributed by atoms with Crippen LogP contribution >= 0.6 is 19.5 Å². The van der Waals surface area contributed by atoms with E-state index in [-0.39, 0.29) is 0 Å². The van der Waals surface area contributed by atoms with Crippen LogP contribution in [0.1, 0.15) is 0 Å². The Morgan fingerprint density at radius 2 is 1.04 bits per heavy atom. The first-order chi connectivity index (χ1) is 11.8. The number of hydrogen-bond donors (Lipinski definition) is 1. The Morgan fingerprint density at radius 3 is 1.29 bits per heavy atom. The van der Waals surface area contributed by atoms with Crippen molar-refractivity contribution in [3.8, 4) is 0 Å². The van der Waals surface area contributed by atoms with E-state index in [1.54, 1.807) is 5.37 Å². The highest BCUT2D eigenvalue weighted by atomic mass is 32.1. The summed E-state index contributed by atoms with van der Waals surface area (Å²) in [5, 5.41) is 13.8. The molecule has 0 amide bonds. The molecule has 0 fully saturated rings. The lowest BCUT2D eigenvalue weighted by Crippen LogP contribution is -2.32. The number of allylic oxidation sites excluding steroid dienone is 1. The third-order valence-electron chi connectivity index (χ3n) is 4.03. The highest BCUT2D eigenvalue weighted by Crippen LogP contribution is 2.60. The maximum Gasteiger partial charge on any atom is 0.180 e. The first-order valence-corrected chi connectivity index (χ1v) is 9.91. The monoisotopic (exact) mass is 346 g/mol. The van der Waals surface area contributed by atoms with Crippen LogP contribution in [0.2, 0.25) is 0 Å². The maximum absolute atomic E-state index is 7.91. The van der Waals surface area contributed by atoms with Gasteiger partial charge in [-0.25, -0.2) is 0 Å². The molecule has 0 radical (unpaired) electrons. The second-order valence-electron chi connectivity index (χ2n) is 5.31. The molecule has 0 aromatic heterocycles. The standard InChI is InChI=1S/C21H17NPS/c22-16-21(17-24)23(18-10-4-1-5-11-18,19-12-6-2-7-13-19)20-14-8-3-9-15-20/h1-15,17,22H/q+1. The molecule has 0 aliphatic carbocycles. The third-order valence-corrected chi connectivity index (χ3v) is 8.62. The van der Waals surface area contributed by atoms with E-state index in [2.05, 4.69) is 42.3 Å². The summed E-state index contributed by atoms with van der Waals surface area (Å²) in [6.07, 6.45) is 0. The lowest BCUT2D eigenvalue weighted by atomic mass is 10.4. The SMILES string of the molecule is N=C=C(C=S)[P+](c1ccccc1)(c1ccccc1)c1ccccc1. The molecular weight excluding hydrogens is 329 g/mol. The predicted octanol–water partition coefficient (Wildman–Crippen LogP) is 4.11. The molecule has 3 aromatic carbocycles. The van der Waals surface area contributed by atoms with Gasteiger partial charge < -0.3 is 0 Å². The van der Waals surface area contributed by atoms with E-state index in [1.165, 1.54) is 15.9 Å². The molecule has 0 aliphatic rings. The van der Waals surface area contributed by atoms with Crippen molar-refractivity contribution in [2.24, 2.45) is 0 Å². The zero-order valence-corrected chi connectivity index (χ0v) is 14.8. The molecule has 3 heteroatoms. The van der Waals surface area contributed by atoms with Crippen molar-refractivity contribution in [1.29, 1.82) is 5.41 Å². The topological polar surface area (TPSA) is 23.9 Å². The molecule has 0 spiro atoms. The minimum atomic E-state index is -2.21. The van der Waals surface area contributed by atoms with Crippen LogP contribution in [-0.4, -0.2) is 11.2 Å². The quantitative estimate of drug-likeness (QED) is 0.320. The van der Waals surface area contributed by atoms with Crippen LogP contribution < -0.4 is 15.9 Å². The molecule has 3 rings (SSSR count). The van der Waals surface area contributed by atoms with Gasteiger partial charge >= 0.3 is 0 Å². The van der Waals surface area contributed by atoms with Crippen molar-refractivity contribution in [3.05, 3.63) is 96.3 Å². The van der Waals surface area contributed by atoms with Gasteiger partial charge in [-0.05, 0) is 36.4 Å². The van der Waals surface area contributed by atoms with E-state index < -0.39 is 7.26 Å². The van der Waals surface area contributed by atoms with Crippen LogP contribution in [0.4, 0.5) is 0 Å². The molecule has 1 nitrogen and oxygen atoms in total. The number of benzene rings is 3. The third kappa shape index (κ3) is 2.77. The van der Waals surface area contributed by atoms with Gasteiger partial charge in [-0.1, -0.05) is 66.8 Å². The fourth-order valence-electron chi connectivity index (χ4n) is 3.01. The van der Waals surface area contributed by atoms with Crippen molar-refractivity contribution in [2.45, 2.75) is 0 Å². The van der Waals surface area contributed by atoms with Crippen molar-refractivity contribution in [2.75, 3.05) is 0 Å². The fourth-order valence-corrected chi connectivity index (χ4v) is 7.46. The summed E-state index contributed by atoms with van der Waals surface area (Å²) >= 11 is 5.30. The molecule has 24 heavy (non-hydrogen) atoms. The first-order valence-electron chi connectivity index (χ1n) is 7.65. The highest BCUT2D eigenvalue weighted by Gasteiger charge is 2.49. The van der Waals surface area contributed by atoms with Gasteiger partial charge in [0.15, 0.2) is 12.6 Å². The Bertz CT molecular complexity index is 773. The molecule has 0 bridgehead atoms. The van der Waals surface area contributed by atoms with Crippen LogP contribution in [0.3, 0.4) is 0 Å². The fraction of sp³-hybridized carbons (Fsp3) is 0. The van der Waals surface area contributed by atoms with Gasteiger partial charge in [0.1, 0.15) is 15.9 Å². The summed E-state index contributed by atoms with van der Waals surface area (Å²) < 4.78 is 0. The Labute approximate surface area is 148 Å². The van der Waals surface area contributed by atoms with Crippen LogP contribution in [0.15, 0.2) is 96.3 Å². The average molecular weight is 346 g/mol. The maximum atomic E-state index is 7.91. The number of rotatable bonds is 5. The number of nitrogens with one attached hydrogen (secondary N) is 1. The van der Waals surface area contributed by atoms with E-state index in [4.69, 9.17) is 17.6 Å². The second-order valence-corrected chi connectivity index (χ2v) is 8.91. The van der Waals surface area contributed by atoms with Crippen molar-refractivity contribution in [3.63, 3.8) is 0 Å². The predicted molar refractivity (Wildman–Crippen MR) is 110 cm³/mol. The zero-order chi connectivity index (χ0) is 16.8. The Hall–Kier alpha value is -2.37. The van der Waals surface area contributed by atoms with Gasteiger partial charge in [-0.2, -0.15) is 0 Å². The largest absolute Gasteiger partial charge is 0.255 e. The van der Waals surface area contributed by atoms with Gasteiger partial charge in [0, 0.05) is 5.87 Å². The average Bonchev–Trinajstić information content (AvgIpc) is 2.68. The number of hydrogen-bond acceptors (Lipinski definition) is 2. The first kappa shape index (κ1) is 16.5. The van der Waals surface area contributed by atoms with Gasteiger partial charge in [-0.15, -0.1) is 0 Å². The van der Waals surface area contributed by atoms with Gasteiger partial charge in [0.05, 0.1) is 5.37 Å². The van der Waals surface area contributed by atoms with E-state index >= 15 is 0 Å². The van der Waals surface area contributed by atoms with Gasteiger partial charge in [0.25, 0.3) is 0 Å². The summed E-state index contributed by atoms with van der Waals surface area (Å²) in [6.45, 7) is 0.